The van der Waals surface area contributed by atoms with E-state index in [-0.39, 0.29) is 0 Å². The third-order valence-electron chi connectivity index (χ3n) is 2.47. The van der Waals surface area contributed by atoms with Crippen molar-refractivity contribution in [2.45, 2.75) is 19.4 Å². The number of nitrogens with one attached hydrogen (secondary N) is 1. The first-order valence-corrected chi connectivity index (χ1v) is 6.78. The van der Waals surface area contributed by atoms with Gasteiger partial charge in [0.05, 0.1) is 6.20 Å². The Morgan fingerprint density at radius 1 is 1.50 bits per heavy atom. The fourth-order valence-corrected chi connectivity index (χ4v) is 2.29. The van der Waals surface area contributed by atoms with Gasteiger partial charge in [0.25, 0.3) is 0 Å². The molecule has 5 heteroatoms. The number of hydrogen-bond acceptors (Lipinski definition) is 4. The molecule has 2 heterocycles. The van der Waals surface area contributed by atoms with Crippen molar-refractivity contribution in [3.8, 4) is 0 Å². The summed E-state index contributed by atoms with van der Waals surface area (Å²) in [5, 5.41) is 7.56. The second-order valence-electron chi connectivity index (χ2n) is 3.65. The molecule has 16 heavy (non-hydrogen) atoms. The highest BCUT2D eigenvalue weighted by molar-refractivity contribution is 7.98. The Morgan fingerprint density at radius 3 is 3.12 bits per heavy atom. The predicted molar refractivity (Wildman–Crippen MR) is 69.1 cm³/mol. The summed E-state index contributed by atoms with van der Waals surface area (Å²) in [7, 11) is 0. The van der Waals surface area contributed by atoms with Gasteiger partial charge in [-0.15, -0.1) is 0 Å². The molecular formula is C11H16N4S. The maximum Gasteiger partial charge on any atom is 0.157 e. The molecule has 1 unspecified atom stereocenters. The molecule has 0 saturated carbocycles. The van der Waals surface area contributed by atoms with Crippen molar-refractivity contribution in [2.24, 2.45) is 0 Å². The van der Waals surface area contributed by atoms with Gasteiger partial charge in [0.1, 0.15) is 5.82 Å². The predicted octanol–water partition coefficient (Wildman–Crippen LogP) is 2.28. The second kappa shape index (κ2) is 5.21. The number of nitrogens with zero attached hydrogens (tertiary/aromatic N) is 3. The van der Waals surface area contributed by atoms with Crippen molar-refractivity contribution >= 4 is 23.2 Å². The lowest BCUT2D eigenvalue weighted by Gasteiger charge is -2.16. The van der Waals surface area contributed by atoms with Crippen molar-refractivity contribution in [2.75, 3.05) is 17.3 Å². The van der Waals surface area contributed by atoms with Crippen LogP contribution in [0.4, 0.5) is 5.82 Å². The number of aromatic nitrogens is 3. The van der Waals surface area contributed by atoms with Crippen LogP contribution in [0.1, 0.15) is 13.3 Å². The number of fused-ring (bicyclic) bond motifs is 1. The van der Waals surface area contributed by atoms with Crippen LogP contribution in [0, 0.1) is 0 Å². The van der Waals surface area contributed by atoms with Crippen LogP contribution in [0.15, 0.2) is 24.5 Å². The first kappa shape index (κ1) is 11.3. The molecule has 0 radical (unpaired) electrons. The fraction of sp³-hybridized carbons (Fsp3) is 0.455. The maximum atomic E-state index is 4.49. The molecule has 2 aromatic rings. The monoisotopic (exact) mass is 236 g/mol. The van der Waals surface area contributed by atoms with Gasteiger partial charge in [0.15, 0.2) is 5.65 Å². The minimum atomic E-state index is 0.480. The molecule has 2 rings (SSSR count). The highest BCUT2D eigenvalue weighted by Gasteiger charge is 2.06. The van der Waals surface area contributed by atoms with E-state index in [4.69, 9.17) is 0 Å². The summed E-state index contributed by atoms with van der Waals surface area (Å²) in [6.07, 6.45) is 6.91. The summed E-state index contributed by atoms with van der Waals surface area (Å²) in [6, 6.07) is 4.34. The zero-order valence-electron chi connectivity index (χ0n) is 9.55. The largest absolute Gasteiger partial charge is 0.366 e. The normalized spacial score (nSPS) is 12.9. The van der Waals surface area contributed by atoms with Gasteiger partial charge in [0.2, 0.25) is 0 Å². The van der Waals surface area contributed by atoms with E-state index < -0.39 is 0 Å². The van der Waals surface area contributed by atoms with Crippen LogP contribution < -0.4 is 5.32 Å². The van der Waals surface area contributed by atoms with E-state index in [0.29, 0.717) is 6.04 Å². The smallest absolute Gasteiger partial charge is 0.157 e. The fourth-order valence-electron chi connectivity index (χ4n) is 1.56. The van der Waals surface area contributed by atoms with E-state index in [9.17, 15) is 0 Å². The first-order valence-electron chi connectivity index (χ1n) is 5.39. The van der Waals surface area contributed by atoms with Gasteiger partial charge >= 0.3 is 0 Å². The minimum absolute atomic E-state index is 0.480. The van der Waals surface area contributed by atoms with E-state index >= 15 is 0 Å². The van der Waals surface area contributed by atoms with Gasteiger partial charge in [-0.3, -0.25) is 0 Å². The minimum Gasteiger partial charge on any atom is -0.366 e. The summed E-state index contributed by atoms with van der Waals surface area (Å²) in [4.78, 5) is 4.49. The Morgan fingerprint density at radius 2 is 2.38 bits per heavy atom. The quantitative estimate of drug-likeness (QED) is 0.865. The molecule has 4 nitrogen and oxygen atoms in total. The van der Waals surface area contributed by atoms with Crippen LogP contribution in [-0.4, -0.2) is 32.6 Å². The van der Waals surface area contributed by atoms with Crippen molar-refractivity contribution in [1.29, 1.82) is 0 Å². The molecule has 0 fully saturated rings. The highest BCUT2D eigenvalue weighted by Crippen LogP contribution is 2.11. The van der Waals surface area contributed by atoms with Crippen LogP contribution in [0.5, 0.6) is 0 Å². The highest BCUT2D eigenvalue weighted by atomic mass is 32.2. The lowest BCUT2D eigenvalue weighted by Crippen LogP contribution is -2.21. The SMILES string of the molecule is CCC(CSC)Nc1ccn2nccc2n1. The number of thioether (sulfide) groups is 1. The molecule has 0 bridgehead atoms. The summed E-state index contributed by atoms with van der Waals surface area (Å²) in [6.45, 7) is 2.19. The van der Waals surface area contributed by atoms with Crippen LogP contribution in [0.2, 0.25) is 0 Å². The molecule has 0 spiro atoms. The summed E-state index contributed by atoms with van der Waals surface area (Å²) in [5.74, 6) is 2.02. The molecule has 0 saturated heterocycles. The summed E-state index contributed by atoms with van der Waals surface area (Å²) in [5.41, 5.74) is 0.879. The molecule has 0 aliphatic heterocycles. The Balaban J connectivity index is 2.13. The Labute approximate surface area is 99.5 Å². The number of anilines is 1. The van der Waals surface area contributed by atoms with Crippen molar-refractivity contribution < 1.29 is 0 Å². The Hall–Kier alpha value is -1.23. The summed E-state index contributed by atoms with van der Waals surface area (Å²) < 4.78 is 1.76. The van der Waals surface area contributed by atoms with Crippen LogP contribution in [0.3, 0.4) is 0 Å². The van der Waals surface area contributed by atoms with Crippen LogP contribution in [-0.2, 0) is 0 Å². The first-order chi connectivity index (χ1) is 7.83. The second-order valence-corrected chi connectivity index (χ2v) is 4.56. The standard InChI is InChI=1S/C11H16N4S/c1-3-9(8-16-2)13-10-5-7-15-11(14-10)4-6-12-15/h4-7,9H,3,8H2,1-2H3,(H,13,14). The van der Waals surface area contributed by atoms with Gasteiger partial charge in [0, 0.05) is 24.1 Å². The maximum absolute atomic E-state index is 4.49. The van der Waals surface area contributed by atoms with E-state index in [2.05, 4.69) is 28.6 Å². The van der Waals surface area contributed by atoms with Gasteiger partial charge in [-0.1, -0.05) is 6.92 Å². The molecule has 1 atom stereocenters. The van der Waals surface area contributed by atoms with Crippen molar-refractivity contribution in [3.05, 3.63) is 24.5 Å². The third-order valence-corrected chi connectivity index (χ3v) is 3.21. The zero-order chi connectivity index (χ0) is 11.4. The van der Waals surface area contributed by atoms with Crippen molar-refractivity contribution in [1.82, 2.24) is 14.6 Å². The molecule has 86 valence electrons. The van der Waals surface area contributed by atoms with Gasteiger partial charge in [-0.2, -0.15) is 16.9 Å². The molecule has 0 aliphatic carbocycles. The molecule has 0 aromatic carbocycles. The topological polar surface area (TPSA) is 42.2 Å². The van der Waals surface area contributed by atoms with Crippen molar-refractivity contribution in [3.63, 3.8) is 0 Å². The molecular weight excluding hydrogens is 220 g/mol. The molecule has 1 N–H and O–H groups in total. The van der Waals surface area contributed by atoms with Gasteiger partial charge < -0.3 is 5.32 Å². The van der Waals surface area contributed by atoms with E-state index in [0.717, 1.165) is 23.6 Å². The lowest BCUT2D eigenvalue weighted by molar-refractivity contribution is 0.769. The number of rotatable bonds is 5. The van der Waals surface area contributed by atoms with Crippen LogP contribution >= 0.6 is 11.8 Å². The third kappa shape index (κ3) is 2.47. The zero-order valence-corrected chi connectivity index (χ0v) is 10.4. The van der Waals surface area contributed by atoms with Crippen LogP contribution in [0.25, 0.3) is 5.65 Å². The van der Waals surface area contributed by atoms with Gasteiger partial charge in [-0.05, 0) is 18.7 Å². The molecule has 2 aromatic heterocycles. The Bertz CT molecular complexity index is 454. The number of hydrogen-bond donors (Lipinski definition) is 1. The molecule has 0 amide bonds. The Kier molecular flexibility index (Phi) is 3.66. The summed E-state index contributed by atoms with van der Waals surface area (Å²) >= 11 is 1.85. The van der Waals surface area contributed by atoms with Gasteiger partial charge in [-0.25, -0.2) is 9.50 Å². The average molecular weight is 236 g/mol. The van der Waals surface area contributed by atoms with E-state index in [1.54, 1.807) is 10.7 Å². The lowest BCUT2D eigenvalue weighted by atomic mass is 10.2. The van der Waals surface area contributed by atoms with E-state index in [1.165, 1.54) is 0 Å². The average Bonchev–Trinajstić information content (AvgIpc) is 2.75. The van der Waals surface area contributed by atoms with E-state index in [1.807, 2.05) is 30.1 Å². The molecule has 0 aliphatic rings.